The smallest absolute Gasteiger partial charge is 0.293 e. The summed E-state index contributed by atoms with van der Waals surface area (Å²) in [5.74, 6) is -0.272. The van der Waals surface area contributed by atoms with Gasteiger partial charge >= 0.3 is 0 Å². The number of nitrogens with two attached hydrogens (primary N) is 1. The molecule has 19 heavy (non-hydrogen) atoms. The number of thioether (sulfide) groups is 1. The molecule has 2 rings (SSSR count). The summed E-state index contributed by atoms with van der Waals surface area (Å²) >= 11 is 0.951. The van der Waals surface area contributed by atoms with Crippen molar-refractivity contribution in [3.8, 4) is 0 Å². The van der Waals surface area contributed by atoms with Crippen molar-refractivity contribution in [2.75, 3.05) is 13.1 Å². The largest absolute Gasteiger partial charge is 0.329 e. The van der Waals surface area contributed by atoms with Gasteiger partial charge in [0, 0.05) is 31.9 Å². The lowest BCUT2D eigenvalue weighted by Crippen LogP contribution is -2.33. The number of rotatable bonds is 4. The van der Waals surface area contributed by atoms with Crippen LogP contribution in [0.25, 0.3) is 6.08 Å². The van der Waals surface area contributed by atoms with E-state index >= 15 is 0 Å². The van der Waals surface area contributed by atoms with Gasteiger partial charge in [0.15, 0.2) is 0 Å². The fourth-order valence-electron chi connectivity index (χ4n) is 1.91. The summed E-state index contributed by atoms with van der Waals surface area (Å²) in [6, 6.07) is 0. The fraction of sp³-hybridized carbons (Fsp3) is 0.417. The van der Waals surface area contributed by atoms with Gasteiger partial charge < -0.3 is 5.73 Å². The zero-order chi connectivity index (χ0) is 14.0. The normalized spacial score (nSPS) is 17.8. The maximum absolute atomic E-state index is 12.0. The summed E-state index contributed by atoms with van der Waals surface area (Å²) in [6.07, 6.45) is 4.35. The van der Waals surface area contributed by atoms with Gasteiger partial charge in [0.05, 0.1) is 10.6 Å². The standard InChI is InChI=1S/C12H16N4O2S/c1-3-9-8(7-15(2)14-9)6-10-11(17)16(5-4-13)12(18)19-10/h6-7H,3-5,13H2,1-2H3/b10-6+. The number of carbonyl (C=O) groups excluding carboxylic acids is 2. The molecular weight excluding hydrogens is 264 g/mol. The highest BCUT2D eigenvalue weighted by Gasteiger charge is 2.34. The van der Waals surface area contributed by atoms with Crippen LogP contribution in [0.2, 0.25) is 0 Å². The molecule has 0 bridgehead atoms. The van der Waals surface area contributed by atoms with Crippen LogP contribution in [0, 0.1) is 0 Å². The van der Waals surface area contributed by atoms with E-state index in [0.717, 1.165) is 29.4 Å². The molecule has 0 spiro atoms. The number of amides is 2. The third-order valence-electron chi connectivity index (χ3n) is 2.79. The van der Waals surface area contributed by atoms with E-state index in [1.54, 1.807) is 10.8 Å². The van der Waals surface area contributed by atoms with Crippen molar-refractivity contribution in [3.63, 3.8) is 0 Å². The molecule has 2 N–H and O–H groups in total. The minimum atomic E-state index is -0.272. The van der Waals surface area contributed by atoms with Gasteiger partial charge in [0.25, 0.3) is 11.1 Å². The van der Waals surface area contributed by atoms with Crippen molar-refractivity contribution in [2.45, 2.75) is 13.3 Å². The SMILES string of the molecule is CCc1nn(C)cc1/C=C1/SC(=O)N(CCN)C1=O. The molecule has 1 aliphatic heterocycles. The second kappa shape index (κ2) is 5.58. The minimum absolute atomic E-state index is 0.260. The topological polar surface area (TPSA) is 81.2 Å². The molecule has 0 radical (unpaired) electrons. The summed E-state index contributed by atoms with van der Waals surface area (Å²) in [4.78, 5) is 25.3. The first-order valence-corrected chi connectivity index (χ1v) is 6.86. The molecule has 0 aromatic carbocycles. The van der Waals surface area contributed by atoms with Crippen LogP contribution in [0.3, 0.4) is 0 Å². The van der Waals surface area contributed by atoms with Crippen LogP contribution in [0.15, 0.2) is 11.1 Å². The first kappa shape index (κ1) is 13.8. The maximum atomic E-state index is 12.0. The highest BCUT2D eigenvalue weighted by molar-refractivity contribution is 8.18. The highest BCUT2D eigenvalue weighted by Crippen LogP contribution is 2.32. The molecule has 7 heteroatoms. The number of hydrogen-bond acceptors (Lipinski definition) is 5. The van der Waals surface area contributed by atoms with E-state index < -0.39 is 0 Å². The lowest BCUT2D eigenvalue weighted by atomic mass is 10.2. The molecule has 0 atom stereocenters. The Morgan fingerprint density at radius 1 is 1.47 bits per heavy atom. The number of hydrogen-bond donors (Lipinski definition) is 1. The summed E-state index contributed by atoms with van der Waals surface area (Å²) in [5.41, 5.74) is 7.18. The average Bonchev–Trinajstić information content (AvgIpc) is 2.85. The second-order valence-corrected chi connectivity index (χ2v) is 5.17. The van der Waals surface area contributed by atoms with E-state index in [4.69, 9.17) is 5.73 Å². The Morgan fingerprint density at radius 3 is 2.84 bits per heavy atom. The van der Waals surface area contributed by atoms with E-state index in [0.29, 0.717) is 4.91 Å². The lowest BCUT2D eigenvalue weighted by Gasteiger charge is -2.09. The molecular formula is C12H16N4O2S. The van der Waals surface area contributed by atoms with Crippen molar-refractivity contribution in [2.24, 2.45) is 12.8 Å². The zero-order valence-corrected chi connectivity index (χ0v) is 11.7. The molecule has 2 amide bonds. The van der Waals surface area contributed by atoms with Gasteiger partial charge in [-0.25, -0.2) is 0 Å². The molecule has 0 aliphatic carbocycles. The van der Waals surface area contributed by atoms with E-state index in [-0.39, 0.29) is 24.2 Å². The van der Waals surface area contributed by atoms with Gasteiger partial charge in [-0.05, 0) is 24.3 Å². The quantitative estimate of drug-likeness (QED) is 0.831. The fourth-order valence-corrected chi connectivity index (χ4v) is 2.77. The average molecular weight is 280 g/mol. The van der Waals surface area contributed by atoms with Gasteiger partial charge in [-0.15, -0.1) is 0 Å². The zero-order valence-electron chi connectivity index (χ0n) is 10.9. The lowest BCUT2D eigenvalue weighted by molar-refractivity contribution is -0.122. The maximum Gasteiger partial charge on any atom is 0.293 e. The number of aromatic nitrogens is 2. The van der Waals surface area contributed by atoms with Crippen LogP contribution >= 0.6 is 11.8 Å². The molecule has 0 saturated carbocycles. The third kappa shape index (κ3) is 2.71. The second-order valence-electron chi connectivity index (χ2n) is 4.18. The van der Waals surface area contributed by atoms with Crippen molar-refractivity contribution in [1.82, 2.24) is 14.7 Å². The first-order valence-electron chi connectivity index (χ1n) is 6.04. The Hall–Kier alpha value is -1.60. The van der Waals surface area contributed by atoms with Crippen molar-refractivity contribution < 1.29 is 9.59 Å². The van der Waals surface area contributed by atoms with Crippen LogP contribution in [-0.2, 0) is 18.3 Å². The molecule has 1 saturated heterocycles. The number of carbonyl (C=O) groups is 2. The van der Waals surface area contributed by atoms with Crippen LogP contribution < -0.4 is 5.73 Å². The summed E-state index contributed by atoms with van der Waals surface area (Å²) in [7, 11) is 1.83. The van der Waals surface area contributed by atoms with E-state index in [9.17, 15) is 9.59 Å². The van der Waals surface area contributed by atoms with E-state index in [1.165, 1.54) is 4.90 Å². The molecule has 1 aliphatic rings. The van der Waals surface area contributed by atoms with Crippen LogP contribution in [0.1, 0.15) is 18.2 Å². The predicted molar refractivity (Wildman–Crippen MR) is 74.3 cm³/mol. The van der Waals surface area contributed by atoms with E-state index in [1.807, 2.05) is 20.2 Å². The van der Waals surface area contributed by atoms with Gasteiger partial charge in [0.1, 0.15) is 0 Å². The highest BCUT2D eigenvalue weighted by atomic mass is 32.2. The van der Waals surface area contributed by atoms with E-state index in [2.05, 4.69) is 5.10 Å². The van der Waals surface area contributed by atoms with Crippen LogP contribution in [0.4, 0.5) is 4.79 Å². The first-order chi connectivity index (χ1) is 9.06. The molecule has 102 valence electrons. The van der Waals surface area contributed by atoms with Crippen LogP contribution in [0.5, 0.6) is 0 Å². The number of nitrogens with zero attached hydrogens (tertiary/aromatic N) is 3. The Bertz CT molecular complexity index is 550. The monoisotopic (exact) mass is 280 g/mol. The Morgan fingerprint density at radius 2 is 2.21 bits per heavy atom. The van der Waals surface area contributed by atoms with Gasteiger partial charge in [-0.3, -0.25) is 19.2 Å². The predicted octanol–water partition coefficient (Wildman–Crippen LogP) is 0.978. The number of aryl methyl sites for hydroxylation is 2. The molecule has 2 heterocycles. The minimum Gasteiger partial charge on any atom is -0.329 e. The molecule has 6 nitrogen and oxygen atoms in total. The van der Waals surface area contributed by atoms with Gasteiger partial charge in [-0.1, -0.05) is 6.92 Å². The summed E-state index contributed by atoms with van der Waals surface area (Å²) in [6.45, 7) is 2.54. The van der Waals surface area contributed by atoms with Gasteiger partial charge in [0.2, 0.25) is 0 Å². The summed E-state index contributed by atoms with van der Waals surface area (Å²) in [5, 5.41) is 4.04. The third-order valence-corrected chi connectivity index (χ3v) is 3.69. The van der Waals surface area contributed by atoms with Crippen molar-refractivity contribution in [3.05, 3.63) is 22.4 Å². The molecule has 1 fully saturated rings. The molecule has 1 aromatic rings. The molecule has 0 unspecified atom stereocenters. The Balaban J connectivity index is 2.29. The van der Waals surface area contributed by atoms with Gasteiger partial charge in [-0.2, -0.15) is 5.10 Å². The van der Waals surface area contributed by atoms with Crippen LogP contribution in [-0.4, -0.2) is 38.9 Å². The van der Waals surface area contributed by atoms with Crippen molar-refractivity contribution >= 4 is 29.0 Å². The van der Waals surface area contributed by atoms with Crippen molar-refractivity contribution in [1.29, 1.82) is 0 Å². The summed E-state index contributed by atoms with van der Waals surface area (Å²) < 4.78 is 1.70. The molecule has 1 aromatic heterocycles. The Labute approximate surface area is 115 Å². The number of imide groups is 1. The Kier molecular flexibility index (Phi) is 4.06.